The quantitative estimate of drug-likeness (QED) is 0.797. The normalized spacial score (nSPS) is 24.7. The number of rotatable bonds is 5. The zero-order chi connectivity index (χ0) is 11.7. The summed E-state index contributed by atoms with van der Waals surface area (Å²) >= 11 is 1.91. The van der Waals surface area contributed by atoms with Crippen molar-refractivity contribution in [1.82, 2.24) is 4.90 Å². The average molecular weight is 251 g/mol. The van der Waals surface area contributed by atoms with Crippen LogP contribution in [0.5, 0.6) is 0 Å². The highest BCUT2D eigenvalue weighted by atomic mass is 32.1. The van der Waals surface area contributed by atoms with Crippen LogP contribution in [0.2, 0.25) is 0 Å². The molecule has 0 amide bonds. The van der Waals surface area contributed by atoms with Crippen molar-refractivity contribution in [2.24, 2.45) is 5.92 Å². The molecule has 0 aromatic carbocycles. The van der Waals surface area contributed by atoms with Gasteiger partial charge in [-0.3, -0.25) is 4.90 Å². The van der Waals surface area contributed by atoms with Crippen LogP contribution in [0.4, 0.5) is 0 Å². The fourth-order valence-corrected chi connectivity index (χ4v) is 3.52. The molecule has 1 aliphatic heterocycles. The minimum Gasteiger partial charge on any atom is -0.381 e. The van der Waals surface area contributed by atoms with Crippen molar-refractivity contribution in [2.45, 2.75) is 38.8 Å². The van der Waals surface area contributed by atoms with E-state index in [9.17, 15) is 0 Å². The maximum absolute atomic E-state index is 5.49. The van der Waals surface area contributed by atoms with Crippen LogP contribution < -0.4 is 0 Å². The number of hydrogen-bond donors (Lipinski definition) is 0. The monoisotopic (exact) mass is 251 g/mol. The molecule has 3 rings (SSSR count). The first-order valence-electron chi connectivity index (χ1n) is 6.67. The van der Waals surface area contributed by atoms with Crippen molar-refractivity contribution >= 4 is 11.3 Å². The molecule has 1 unspecified atom stereocenters. The number of aryl methyl sites for hydroxylation is 1. The Balaban J connectivity index is 1.61. The van der Waals surface area contributed by atoms with E-state index in [-0.39, 0.29) is 0 Å². The Bertz CT molecular complexity index is 366. The fourth-order valence-electron chi connectivity index (χ4n) is 2.59. The highest BCUT2D eigenvalue weighted by molar-refractivity contribution is 7.10. The van der Waals surface area contributed by atoms with Crippen molar-refractivity contribution in [3.63, 3.8) is 0 Å². The van der Waals surface area contributed by atoms with E-state index < -0.39 is 0 Å². The molecule has 0 spiro atoms. The summed E-state index contributed by atoms with van der Waals surface area (Å²) in [4.78, 5) is 4.24. The zero-order valence-electron chi connectivity index (χ0n) is 10.5. The first-order chi connectivity index (χ1) is 8.33. The molecular formula is C14H21NOS. The SMILES string of the molecule is Cc1ccsc1CN(CC1CCOC1)C1CC1. The van der Waals surface area contributed by atoms with E-state index in [1.807, 2.05) is 11.3 Å². The van der Waals surface area contributed by atoms with Gasteiger partial charge in [0.15, 0.2) is 0 Å². The molecule has 3 heteroatoms. The third-order valence-corrected chi connectivity index (χ3v) is 4.90. The first kappa shape index (κ1) is 11.7. The van der Waals surface area contributed by atoms with Gasteiger partial charge in [-0.1, -0.05) is 0 Å². The summed E-state index contributed by atoms with van der Waals surface area (Å²) in [5, 5.41) is 2.22. The highest BCUT2D eigenvalue weighted by Gasteiger charge is 2.31. The molecule has 2 heterocycles. The fraction of sp³-hybridized carbons (Fsp3) is 0.714. The summed E-state index contributed by atoms with van der Waals surface area (Å²) in [5.74, 6) is 0.774. The Morgan fingerprint density at radius 3 is 2.88 bits per heavy atom. The molecule has 1 atom stereocenters. The van der Waals surface area contributed by atoms with Crippen molar-refractivity contribution < 1.29 is 4.74 Å². The minimum atomic E-state index is 0.774. The highest BCUT2D eigenvalue weighted by Crippen LogP contribution is 2.31. The lowest BCUT2D eigenvalue weighted by Gasteiger charge is -2.24. The molecule has 1 aliphatic carbocycles. The molecule has 0 radical (unpaired) electrons. The number of nitrogens with zero attached hydrogens (tertiary/aromatic N) is 1. The molecule has 1 saturated carbocycles. The lowest BCUT2D eigenvalue weighted by molar-refractivity contribution is 0.162. The molecule has 1 aromatic rings. The van der Waals surface area contributed by atoms with Gasteiger partial charge in [0.05, 0.1) is 6.61 Å². The van der Waals surface area contributed by atoms with Crippen molar-refractivity contribution in [1.29, 1.82) is 0 Å². The number of thiophene rings is 1. The summed E-state index contributed by atoms with van der Waals surface area (Å²) in [6.45, 7) is 6.58. The van der Waals surface area contributed by atoms with Crippen molar-refractivity contribution in [3.8, 4) is 0 Å². The maximum atomic E-state index is 5.49. The smallest absolute Gasteiger partial charge is 0.0507 e. The lowest BCUT2D eigenvalue weighted by Crippen LogP contribution is -2.31. The van der Waals surface area contributed by atoms with E-state index >= 15 is 0 Å². The van der Waals surface area contributed by atoms with Crippen LogP contribution in [-0.2, 0) is 11.3 Å². The standard InChI is InChI=1S/C14H21NOS/c1-11-5-7-17-14(11)9-15(13-2-3-13)8-12-4-6-16-10-12/h5,7,12-13H,2-4,6,8-10H2,1H3. The largest absolute Gasteiger partial charge is 0.381 e. The Hall–Kier alpha value is -0.380. The summed E-state index contributed by atoms with van der Waals surface area (Å²) in [7, 11) is 0. The van der Waals surface area contributed by atoms with Gasteiger partial charge in [0.25, 0.3) is 0 Å². The van der Waals surface area contributed by atoms with E-state index in [4.69, 9.17) is 4.74 Å². The van der Waals surface area contributed by atoms with E-state index in [1.165, 1.54) is 31.4 Å². The Morgan fingerprint density at radius 2 is 2.29 bits per heavy atom. The summed E-state index contributed by atoms with van der Waals surface area (Å²) in [6.07, 6.45) is 4.06. The molecule has 2 nitrogen and oxygen atoms in total. The lowest BCUT2D eigenvalue weighted by atomic mass is 10.1. The van der Waals surface area contributed by atoms with Crippen LogP contribution in [0.3, 0.4) is 0 Å². The Morgan fingerprint density at radius 1 is 1.41 bits per heavy atom. The van der Waals surface area contributed by atoms with Gasteiger partial charge in [-0.2, -0.15) is 0 Å². The van der Waals surface area contributed by atoms with E-state index in [0.29, 0.717) is 0 Å². The number of ether oxygens (including phenoxy) is 1. The molecule has 2 aliphatic rings. The van der Waals surface area contributed by atoms with Gasteiger partial charge in [0.2, 0.25) is 0 Å². The Labute approximate surface area is 108 Å². The van der Waals surface area contributed by atoms with Crippen LogP contribution in [0.1, 0.15) is 29.7 Å². The predicted molar refractivity (Wildman–Crippen MR) is 71.4 cm³/mol. The molecule has 17 heavy (non-hydrogen) atoms. The predicted octanol–water partition coefficient (Wildman–Crippen LogP) is 3.06. The molecular weight excluding hydrogens is 230 g/mol. The van der Waals surface area contributed by atoms with E-state index in [2.05, 4.69) is 23.3 Å². The summed E-state index contributed by atoms with van der Waals surface area (Å²) in [6, 6.07) is 3.10. The van der Waals surface area contributed by atoms with Crippen LogP contribution in [-0.4, -0.2) is 30.7 Å². The van der Waals surface area contributed by atoms with Gasteiger partial charge >= 0.3 is 0 Å². The second-order valence-electron chi connectivity index (χ2n) is 5.42. The summed E-state index contributed by atoms with van der Waals surface area (Å²) < 4.78 is 5.49. The first-order valence-corrected chi connectivity index (χ1v) is 7.55. The van der Waals surface area contributed by atoms with Gasteiger partial charge in [-0.25, -0.2) is 0 Å². The second kappa shape index (κ2) is 5.09. The molecule has 1 saturated heterocycles. The Kier molecular flexibility index (Phi) is 3.50. The molecule has 1 aromatic heterocycles. The molecule has 0 N–H and O–H groups in total. The van der Waals surface area contributed by atoms with Gasteiger partial charge in [-0.15, -0.1) is 11.3 Å². The van der Waals surface area contributed by atoms with Crippen molar-refractivity contribution in [3.05, 3.63) is 21.9 Å². The van der Waals surface area contributed by atoms with E-state index in [1.54, 1.807) is 4.88 Å². The topological polar surface area (TPSA) is 12.5 Å². The molecule has 2 fully saturated rings. The van der Waals surface area contributed by atoms with E-state index in [0.717, 1.165) is 31.7 Å². The average Bonchev–Trinajstić information content (AvgIpc) is 2.91. The van der Waals surface area contributed by atoms with Crippen LogP contribution >= 0.6 is 11.3 Å². The van der Waals surface area contributed by atoms with Crippen molar-refractivity contribution in [2.75, 3.05) is 19.8 Å². The number of hydrogen-bond acceptors (Lipinski definition) is 3. The third kappa shape index (κ3) is 2.90. The van der Waals surface area contributed by atoms with Gasteiger partial charge < -0.3 is 4.74 Å². The zero-order valence-corrected chi connectivity index (χ0v) is 11.3. The van der Waals surface area contributed by atoms with Gasteiger partial charge in [0.1, 0.15) is 0 Å². The molecule has 94 valence electrons. The molecule has 0 bridgehead atoms. The van der Waals surface area contributed by atoms with Gasteiger partial charge in [-0.05, 0) is 49.1 Å². The minimum absolute atomic E-state index is 0.774. The maximum Gasteiger partial charge on any atom is 0.0507 e. The van der Waals surface area contributed by atoms with Crippen LogP contribution in [0.25, 0.3) is 0 Å². The van der Waals surface area contributed by atoms with Crippen LogP contribution in [0.15, 0.2) is 11.4 Å². The third-order valence-electron chi connectivity index (χ3n) is 3.89. The van der Waals surface area contributed by atoms with Gasteiger partial charge in [0, 0.05) is 30.6 Å². The summed E-state index contributed by atoms with van der Waals surface area (Å²) in [5.41, 5.74) is 1.46. The van der Waals surface area contributed by atoms with Crippen LogP contribution in [0, 0.1) is 12.8 Å². The second-order valence-corrected chi connectivity index (χ2v) is 6.42.